The molecule has 0 radical (unpaired) electrons. The highest BCUT2D eigenvalue weighted by Gasteiger charge is 2.22. The summed E-state index contributed by atoms with van der Waals surface area (Å²) in [7, 11) is 0. The van der Waals surface area contributed by atoms with Gasteiger partial charge in [-0.2, -0.15) is 0 Å². The monoisotopic (exact) mass is 438 g/mol. The fourth-order valence-corrected chi connectivity index (χ4v) is 3.20. The van der Waals surface area contributed by atoms with Crippen LogP contribution in [0.3, 0.4) is 0 Å². The highest BCUT2D eigenvalue weighted by Crippen LogP contribution is 2.15. The topological polar surface area (TPSA) is 52.6 Å². The summed E-state index contributed by atoms with van der Waals surface area (Å²) in [5.41, 5.74) is 0. The maximum absolute atomic E-state index is 11.9. The number of carbonyl (C=O) groups excluding carboxylic acids is 2. The van der Waals surface area contributed by atoms with Gasteiger partial charge in [0.15, 0.2) is 0 Å². The predicted octanol–water partition coefficient (Wildman–Crippen LogP) is 6.79. The fraction of sp³-hybridized carbons (Fsp3) is 0.909. The number of hydrogen-bond acceptors (Lipinski definition) is 4. The van der Waals surface area contributed by atoms with E-state index in [4.69, 9.17) is 32.7 Å². The third-order valence-corrected chi connectivity index (χ3v) is 5.46. The second kappa shape index (κ2) is 19.8. The van der Waals surface area contributed by atoms with Gasteiger partial charge in [0.2, 0.25) is 0 Å². The van der Waals surface area contributed by atoms with Crippen molar-refractivity contribution in [3.8, 4) is 0 Å². The summed E-state index contributed by atoms with van der Waals surface area (Å²) in [5.74, 6) is -0.862. The van der Waals surface area contributed by atoms with Crippen LogP contribution in [-0.2, 0) is 19.1 Å². The molecule has 6 heteroatoms. The van der Waals surface area contributed by atoms with Gasteiger partial charge in [-0.25, -0.2) is 0 Å². The molecule has 28 heavy (non-hydrogen) atoms. The lowest BCUT2D eigenvalue weighted by Crippen LogP contribution is -2.23. The first kappa shape index (κ1) is 27.5. The van der Waals surface area contributed by atoms with Gasteiger partial charge in [0.25, 0.3) is 0 Å². The van der Waals surface area contributed by atoms with Gasteiger partial charge in [0, 0.05) is 0 Å². The Labute approximate surface area is 182 Å². The van der Waals surface area contributed by atoms with Crippen LogP contribution < -0.4 is 0 Å². The summed E-state index contributed by atoms with van der Waals surface area (Å²) in [4.78, 5) is 23.7. The van der Waals surface area contributed by atoms with E-state index in [1.54, 1.807) is 0 Å². The molecule has 2 atom stereocenters. The molecule has 0 N–H and O–H groups in total. The summed E-state index contributed by atoms with van der Waals surface area (Å²) >= 11 is 12.1. The van der Waals surface area contributed by atoms with E-state index in [-0.39, 0.29) is 0 Å². The van der Waals surface area contributed by atoms with Crippen molar-refractivity contribution in [2.24, 2.45) is 0 Å². The Hall–Kier alpha value is -0.480. The molecule has 0 aromatic carbocycles. The van der Waals surface area contributed by atoms with Crippen LogP contribution in [0.1, 0.15) is 104 Å². The third kappa shape index (κ3) is 16.5. The summed E-state index contributed by atoms with van der Waals surface area (Å²) < 4.78 is 10.4. The first-order valence-electron chi connectivity index (χ1n) is 11.1. The van der Waals surface area contributed by atoms with Gasteiger partial charge in [-0.3, -0.25) is 9.59 Å². The first-order chi connectivity index (χ1) is 13.5. The first-order valence-corrected chi connectivity index (χ1v) is 12.0. The maximum Gasteiger partial charge on any atom is 0.324 e. The van der Waals surface area contributed by atoms with Gasteiger partial charge in [-0.15, -0.1) is 23.2 Å². The van der Waals surface area contributed by atoms with Gasteiger partial charge >= 0.3 is 11.9 Å². The van der Waals surface area contributed by atoms with E-state index >= 15 is 0 Å². The maximum atomic E-state index is 11.9. The second-order valence-electron chi connectivity index (χ2n) is 7.38. The van der Waals surface area contributed by atoms with Crippen molar-refractivity contribution < 1.29 is 19.1 Å². The third-order valence-electron chi connectivity index (χ3n) is 4.67. The molecule has 2 unspecified atom stereocenters. The van der Waals surface area contributed by atoms with E-state index in [0.717, 1.165) is 25.7 Å². The average Bonchev–Trinajstić information content (AvgIpc) is 2.69. The molecule has 0 aromatic heterocycles. The second-order valence-corrected chi connectivity index (χ2v) is 8.44. The molecule has 0 saturated carbocycles. The number of unbranched alkanes of at least 4 members (excludes halogenated alkanes) is 10. The lowest BCUT2D eigenvalue weighted by molar-refractivity contribution is -0.145. The summed E-state index contributed by atoms with van der Waals surface area (Å²) in [6.45, 7) is 5.17. The van der Waals surface area contributed by atoms with Crippen LogP contribution in [0.15, 0.2) is 0 Å². The minimum Gasteiger partial charge on any atom is -0.465 e. The molecule has 0 aliphatic rings. The summed E-state index contributed by atoms with van der Waals surface area (Å²) in [5, 5.41) is -1.54. The Kier molecular flexibility index (Phi) is 19.5. The SMILES string of the molecule is CCCCCCCCOC(=O)C(Cl)CCC(Cl)C(=O)OCCCCCCCC. The number of hydrogen-bond donors (Lipinski definition) is 0. The van der Waals surface area contributed by atoms with E-state index in [1.807, 2.05) is 0 Å². The number of carbonyl (C=O) groups is 2. The number of rotatable bonds is 19. The summed E-state index contributed by atoms with van der Waals surface area (Å²) in [6, 6.07) is 0. The van der Waals surface area contributed by atoms with Crippen molar-refractivity contribution in [3.63, 3.8) is 0 Å². The Bertz CT molecular complexity index is 355. The molecule has 0 rings (SSSR count). The van der Waals surface area contributed by atoms with Crippen LogP contribution in [0, 0.1) is 0 Å². The predicted molar refractivity (Wildman–Crippen MR) is 117 cm³/mol. The number of esters is 2. The minimum absolute atomic E-state index is 0.303. The van der Waals surface area contributed by atoms with Crippen molar-refractivity contribution in [2.45, 2.75) is 114 Å². The van der Waals surface area contributed by atoms with Gasteiger partial charge in [-0.05, 0) is 25.7 Å². The smallest absolute Gasteiger partial charge is 0.324 e. The van der Waals surface area contributed by atoms with Crippen molar-refractivity contribution in [1.29, 1.82) is 0 Å². The van der Waals surface area contributed by atoms with Crippen molar-refractivity contribution in [1.82, 2.24) is 0 Å². The van der Waals surface area contributed by atoms with Gasteiger partial charge in [0.05, 0.1) is 13.2 Å². The van der Waals surface area contributed by atoms with Crippen LogP contribution >= 0.6 is 23.2 Å². The molecule has 0 heterocycles. The molecule has 0 saturated heterocycles. The highest BCUT2D eigenvalue weighted by molar-refractivity contribution is 6.31. The molecule has 0 bridgehead atoms. The molecular formula is C22H40Cl2O4. The number of halogens is 2. The van der Waals surface area contributed by atoms with Crippen molar-refractivity contribution in [3.05, 3.63) is 0 Å². The lowest BCUT2D eigenvalue weighted by Gasteiger charge is -2.13. The Morgan fingerprint density at radius 1 is 0.607 bits per heavy atom. The number of alkyl halides is 2. The van der Waals surface area contributed by atoms with E-state index in [9.17, 15) is 9.59 Å². The van der Waals surface area contributed by atoms with Crippen LogP contribution in [0.5, 0.6) is 0 Å². The standard InChI is InChI=1S/C22H40Cl2O4/c1-3-5-7-9-11-13-17-27-21(25)19(23)15-16-20(24)22(26)28-18-14-12-10-8-6-4-2/h19-20H,3-18H2,1-2H3. The molecule has 0 aliphatic carbocycles. The van der Waals surface area contributed by atoms with Crippen LogP contribution in [0.2, 0.25) is 0 Å². The molecule has 4 nitrogen and oxygen atoms in total. The molecule has 166 valence electrons. The Morgan fingerprint density at radius 2 is 0.929 bits per heavy atom. The average molecular weight is 439 g/mol. The fourth-order valence-electron chi connectivity index (χ4n) is 2.82. The Morgan fingerprint density at radius 3 is 1.29 bits per heavy atom. The van der Waals surface area contributed by atoms with Gasteiger partial charge in [-0.1, -0.05) is 78.1 Å². The molecule has 0 fully saturated rings. The van der Waals surface area contributed by atoms with Crippen LogP contribution in [0.25, 0.3) is 0 Å². The number of ether oxygens (including phenoxy) is 2. The van der Waals surface area contributed by atoms with E-state index in [1.165, 1.54) is 51.4 Å². The van der Waals surface area contributed by atoms with Crippen LogP contribution in [-0.4, -0.2) is 35.9 Å². The van der Waals surface area contributed by atoms with Crippen molar-refractivity contribution in [2.75, 3.05) is 13.2 Å². The molecule has 0 spiro atoms. The van der Waals surface area contributed by atoms with E-state index in [0.29, 0.717) is 26.1 Å². The largest absolute Gasteiger partial charge is 0.465 e. The molecule has 0 amide bonds. The zero-order valence-electron chi connectivity index (χ0n) is 17.9. The quantitative estimate of drug-likeness (QED) is 0.126. The van der Waals surface area contributed by atoms with Gasteiger partial charge in [0.1, 0.15) is 10.8 Å². The van der Waals surface area contributed by atoms with Gasteiger partial charge < -0.3 is 9.47 Å². The minimum atomic E-state index is -0.771. The normalized spacial score (nSPS) is 13.1. The molecule has 0 aliphatic heterocycles. The molecule has 0 aromatic rings. The lowest BCUT2D eigenvalue weighted by atomic mass is 10.1. The highest BCUT2D eigenvalue weighted by atomic mass is 35.5. The van der Waals surface area contributed by atoms with E-state index in [2.05, 4.69) is 13.8 Å². The van der Waals surface area contributed by atoms with Crippen molar-refractivity contribution >= 4 is 35.1 Å². The molecular weight excluding hydrogens is 399 g/mol. The summed E-state index contributed by atoms with van der Waals surface area (Å²) in [6.07, 6.45) is 14.2. The van der Waals surface area contributed by atoms with Crippen LogP contribution in [0.4, 0.5) is 0 Å². The Balaban J connectivity index is 3.69. The zero-order valence-corrected chi connectivity index (χ0v) is 19.4. The zero-order chi connectivity index (χ0) is 21.0. The van der Waals surface area contributed by atoms with E-state index < -0.39 is 22.7 Å².